The summed E-state index contributed by atoms with van der Waals surface area (Å²) in [6.45, 7) is 2.28. The molecule has 138 valence electrons. The fraction of sp³-hybridized carbons (Fsp3) is 0.350. The van der Waals surface area contributed by atoms with Crippen LogP contribution < -0.4 is 10.1 Å². The van der Waals surface area contributed by atoms with Crippen molar-refractivity contribution in [1.82, 2.24) is 4.90 Å². The van der Waals surface area contributed by atoms with Crippen LogP contribution in [0.3, 0.4) is 0 Å². The first-order valence-corrected chi connectivity index (χ1v) is 9.42. The highest BCUT2D eigenvalue weighted by atomic mass is 35.5. The minimum atomic E-state index is -0.0591. The number of ether oxygens (including phenoxy) is 1. The number of anilines is 1. The molecule has 4 nitrogen and oxygen atoms in total. The van der Waals surface area contributed by atoms with Crippen molar-refractivity contribution < 1.29 is 9.53 Å². The predicted octanol–water partition coefficient (Wildman–Crippen LogP) is 4.85. The lowest BCUT2D eigenvalue weighted by Crippen LogP contribution is -2.40. The van der Waals surface area contributed by atoms with E-state index in [9.17, 15) is 4.79 Å². The number of likely N-dealkylation sites (tertiary alicyclic amines) is 1. The maximum Gasteiger partial charge on any atom is 0.228 e. The molecule has 2 aromatic rings. The zero-order valence-electron chi connectivity index (χ0n) is 14.7. The number of rotatable bonds is 5. The van der Waals surface area contributed by atoms with E-state index < -0.39 is 0 Å². The Morgan fingerprint density at radius 2 is 1.96 bits per heavy atom. The van der Waals surface area contributed by atoms with Gasteiger partial charge in [-0.3, -0.25) is 9.69 Å². The Balaban J connectivity index is 1.63. The molecule has 0 aliphatic carbocycles. The van der Waals surface area contributed by atoms with Gasteiger partial charge in [-0.25, -0.2) is 0 Å². The van der Waals surface area contributed by atoms with E-state index in [1.807, 2.05) is 42.5 Å². The van der Waals surface area contributed by atoms with Crippen molar-refractivity contribution in [3.63, 3.8) is 0 Å². The Bertz CT molecular complexity index is 762. The molecule has 1 N–H and O–H groups in total. The number of benzene rings is 2. The SMILES string of the molecule is COc1cccc(NC(=O)[C@H]2CCCN(Cc3c(Cl)cccc3Cl)C2)c1. The maximum absolute atomic E-state index is 12.7. The molecule has 1 heterocycles. The summed E-state index contributed by atoms with van der Waals surface area (Å²) in [4.78, 5) is 14.9. The van der Waals surface area contributed by atoms with Crippen LogP contribution in [0.2, 0.25) is 10.0 Å². The summed E-state index contributed by atoms with van der Waals surface area (Å²) < 4.78 is 5.20. The van der Waals surface area contributed by atoms with Gasteiger partial charge in [0.1, 0.15) is 5.75 Å². The van der Waals surface area contributed by atoms with Crippen LogP contribution in [0.5, 0.6) is 5.75 Å². The molecule has 0 bridgehead atoms. The van der Waals surface area contributed by atoms with Gasteiger partial charge in [0.15, 0.2) is 0 Å². The quantitative estimate of drug-likeness (QED) is 0.790. The van der Waals surface area contributed by atoms with Crippen molar-refractivity contribution in [2.45, 2.75) is 19.4 Å². The lowest BCUT2D eigenvalue weighted by Gasteiger charge is -2.32. The van der Waals surface area contributed by atoms with E-state index in [-0.39, 0.29) is 11.8 Å². The molecule has 0 unspecified atom stereocenters. The van der Waals surface area contributed by atoms with Crippen molar-refractivity contribution in [1.29, 1.82) is 0 Å². The number of carbonyl (C=O) groups is 1. The van der Waals surface area contributed by atoms with E-state index in [0.717, 1.165) is 36.4 Å². The van der Waals surface area contributed by atoms with Crippen LogP contribution in [0.4, 0.5) is 5.69 Å². The molecule has 1 aliphatic heterocycles. The predicted molar refractivity (Wildman–Crippen MR) is 106 cm³/mol. The second-order valence-corrected chi connectivity index (χ2v) is 7.31. The monoisotopic (exact) mass is 392 g/mol. The second kappa shape index (κ2) is 8.76. The number of methoxy groups -OCH3 is 1. The fourth-order valence-electron chi connectivity index (χ4n) is 3.27. The van der Waals surface area contributed by atoms with Crippen molar-refractivity contribution in [2.24, 2.45) is 5.92 Å². The van der Waals surface area contributed by atoms with Crippen LogP contribution in [0.15, 0.2) is 42.5 Å². The molecule has 1 amide bonds. The first kappa shape index (κ1) is 19.0. The molecule has 26 heavy (non-hydrogen) atoms. The molecular formula is C20H22Cl2N2O2. The van der Waals surface area contributed by atoms with Crippen LogP contribution >= 0.6 is 23.2 Å². The Morgan fingerprint density at radius 3 is 2.69 bits per heavy atom. The lowest BCUT2D eigenvalue weighted by molar-refractivity contribution is -0.121. The number of halogens is 2. The molecule has 0 spiro atoms. The van der Waals surface area contributed by atoms with E-state index in [0.29, 0.717) is 23.1 Å². The van der Waals surface area contributed by atoms with Gasteiger partial charge < -0.3 is 10.1 Å². The van der Waals surface area contributed by atoms with Crippen molar-refractivity contribution >= 4 is 34.8 Å². The molecule has 0 radical (unpaired) electrons. The largest absolute Gasteiger partial charge is 0.497 e. The summed E-state index contributed by atoms with van der Waals surface area (Å²) >= 11 is 12.6. The van der Waals surface area contributed by atoms with Gasteiger partial charge in [0.25, 0.3) is 0 Å². The third-order valence-corrected chi connectivity index (χ3v) is 5.37. The Hall–Kier alpha value is -1.75. The molecule has 2 aromatic carbocycles. The van der Waals surface area contributed by atoms with Crippen LogP contribution in [0, 0.1) is 5.92 Å². The molecule has 1 saturated heterocycles. The van der Waals surface area contributed by atoms with Gasteiger partial charge >= 0.3 is 0 Å². The number of amides is 1. The van der Waals surface area contributed by atoms with E-state index in [4.69, 9.17) is 27.9 Å². The number of nitrogens with one attached hydrogen (secondary N) is 1. The van der Waals surface area contributed by atoms with Gasteiger partial charge in [0.05, 0.1) is 13.0 Å². The van der Waals surface area contributed by atoms with Crippen LogP contribution in [-0.2, 0) is 11.3 Å². The number of piperidine rings is 1. The summed E-state index contributed by atoms with van der Waals surface area (Å²) in [6.07, 6.45) is 1.85. The number of nitrogens with zero attached hydrogens (tertiary/aromatic N) is 1. The highest BCUT2D eigenvalue weighted by Gasteiger charge is 2.26. The van der Waals surface area contributed by atoms with Gasteiger partial charge in [-0.1, -0.05) is 35.3 Å². The Morgan fingerprint density at radius 1 is 1.23 bits per heavy atom. The first-order chi connectivity index (χ1) is 12.6. The fourth-order valence-corrected chi connectivity index (χ4v) is 3.78. The van der Waals surface area contributed by atoms with E-state index >= 15 is 0 Å². The molecule has 1 aliphatic rings. The average Bonchev–Trinajstić information content (AvgIpc) is 2.65. The summed E-state index contributed by atoms with van der Waals surface area (Å²) in [5.74, 6) is 0.700. The normalized spacial score (nSPS) is 17.7. The van der Waals surface area contributed by atoms with Crippen LogP contribution in [0.1, 0.15) is 18.4 Å². The van der Waals surface area contributed by atoms with Crippen molar-refractivity contribution in [2.75, 3.05) is 25.5 Å². The molecule has 1 atom stereocenters. The first-order valence-electron chi connectivity index (χ1n) is 8.67. The van der Waals surface area contributed by atoms with Crippen LogP contribution in [-0.4, -0.2) is 31.0 Å². The van der Waals surface area contributed by atoms with Gasteiger partial charge in [-0.15, -0.1) is 0 Å². The zero-order valence-corrected chi connectivity index (χ0v) is 16.2. The highest BCUT2D eigenvalue weighted by molar-refractivity contribution is 6.35. The van der Waals surface area contributed by atoms with Gasteiger partial charge in [-0.2, -0.15) is 0 Å². The summed E-state index contributed by atoms with van der Waals surface area (Å²) in [5, 5.41) is 4.33. The highest BCUT2D eigenvalue weighted by Crippen LogP contribution is 2.28. The van der Waals surface area contributed by atoms with E-state index in [2.05, 4.69) is 10.2 Å². The molecule has 1 fully saturated rings. The number of hydrogen-bond acceptors (Lipinski definition) is 3. The van der Waals surface area contributed by atoms with E-state index in [1.54, 1.807) is 7.11 Å². The lowest BCUT2D eigenvalue weighted by atomic mass is 9.96. The van der Waals surface area contributed by atoms with Crippen molar-refractivity contribution in [3.05, 3.63) is 58.1 Å². The topological polar surface area (TPSA) is 41.6 Å². The van der Waals surface area contributed by atoms with Gasteiger partial charge in [-0.05, 0) is 43.7 Å². The Kier molecular flexibility index (Phi) is 6.41. The van der Waals surface area contributed by atoms with Crippen LogP contribution in [0.25, 0.3) is 0 Å². The smallest absolute Gasteiger partial charge is 0.228 e. The molecule has 6 heteroatoms. The van der Waals surface area contributed by atoms with E-state index in [1.165, 1.54) is 0 Å². The number of carbonyl (C=O) groups excluding carboxylic acids is 1. The number of hydrogen-bond donors (Lipinski definition) is 1. The Labute approximate surface area is 164 Å². The zero-order chi connectivity index (χ0) is 18.5. The summed E-state index contributed by atoms with van der Waals surface area (Å²) in [5.41, 5.74) is 1.67. The second-order valence-electron chi connectivity index (χ2n) is 6.50. The molecule has 0 saturated carbocycles. The minimum Gasteiger partial charge on any atom is -0.497 e. The summed E-state index contributed by atoms with van der Waals surface area (Å²) in [6, 6.07) is 12.9. The minimum absolute atomic E-state index is 0.0354. The molecule has 3 rings (SSSR count). The standard InChI is InChI=1S/C20H22Cl2N2O2/c1-26-16-7-2-6-15(11-16)23-20(25)14-5-4-10-24(12-14)13-17-18(21)8-3-9-19(17)22/h2-3,6-9,11,14H,4-5,10,12-13H2,1H3,(H,23,25)/t14-/m0/s1. The van der Waals surface area contributed by atoms with Gasteiger partial charge in [0.2, 0.25) is 5.91 Å². The van der Waals surface area contributed by atoms with Crippen molar-refractivity contribution in [3.8, 4) is 5.75 Å². The third-order valence-electron chi connectivity index (χ3n) is 4.66. The third kappa shape index (κ3) is 4.70. The van der Waals surface area contributed by atoms with Gasteiger partial charge in [0, 0.05) is 40.5 Å². The summed E-state index contributed by atoms with van der Waals surface area (Å²) in [7, 11) is 1.61. The maximum atomic E-state index is 12.7. The molecular weight excluding hydrogens is 371 g/mol. The average molecular weight is 393 g/mol. The molecule has 0 aromatic heterocycles.